The molecule has 0 radical (unpaired) electrons. The van der Waals surface area contributed by atoms with Crippen molar-refractivity contribution in [1.29, 1.82) is 5.41 Å². The Labute approximate surface area is 201 Å². The third-order valence-corrected chi connectivity index (χ3v) is 5.14. The molecule has 1 aromatic heterocycles. The van der Waals surface area contributed by atoms with Gasteiger partial charge >= 0.3 is 0 Å². The smallest absolute Gasteiger partial charge is 0.228 e. The molecular weight excluding hydrogens is 430 g/mol. The minimum Gasteiger partial charge on any atom is -0.494 e. The highest BCUT2D eigenvalue weighted by molar-refractivity contribution is 6.04. The number of ether oxygens (including phenoxy) is 1. The van der Waals surface area contributed by atoms with Gasteiger partial charge in [-0.15, -0.1) is 0 Å². The lowest BCUT2D eigenvalue weighted by Gasteiger charge is -2.17. The van der Waals surface area contributed by atoms with Crippen LogP contribution < -0.4 is 20.7 Å². The van der Waals surface area contributed by atoms with Crippen LogP contribution in [0.25, 0.3) is 0 Å². The van der Waals surface area contributed by atoms with Crippen molar-refractivity contribution in [3.05, 3.63) is 53.9 Å². The molecule has 1 aliphatic carbocycles. The maximum absolute atomic E-state index is 12.4. The maximum Gasteiger partial charge on any atom is 0.228 e. The van der Waals surface area contributed by atoms with Crippen LogP contribution in [0.4, 0.5) is 17.2 Å². The van der Waals surface area contributed by atoms with Gasteiger partial charge < -0.3 is 26.1 Å². The number of carbonyl (C=O) groups is 2. The van der Waals surface area contributed by atoms with Gasteiger partial charge in [-0.05, 0) is 44.5 Å². The molecule has 8 heteroatoms. The van der Waals surface area contributed by atoms with Gasteiger partial charge in [-0.2, -0.15) is 0 Å². The number of amides is 1. The Balaban J connectivity index is 0.000000604. The number of rotatable bonds is 10. The highest BCUT2D eigenvalue weighted by Crippen LogP contribution is 2.34. The summed E-state index contributed by atoms with van der Waals surface area (Å²) < 4.78 is 5.50. The molecule has 0 saturated heterocycles. The lowest BCUT2D eigenvalue weighted by atomic mass is 10.1. The number of benzene rings is 1. The molecule has 8 nitrogen and oxygen atoms in total. The highest BCUT2D eigenvalue weighted by Gasteiger charge is 2.30. The fraction of sp³-hybridized carbons (Fsp3) is 0.385. The molecule has 0 bridgehead atoms. The number of aromatic nitrogens is 1. The fourth-order valence-electron chi connectivity index (χ4n) is 3.15. The molecular formula is C26H35N5O3. The fourth-order valence-corrected chi connectivity index (χ4v) is 3.15. The monoisotopic (exact) mass is 465 g/mol. The molecule has 0 unspecified atom stereocenters. The maximum atomic E-state index is 12.4. The van der Waals surface area contributed by atoms with Gasteiger partial charge in [-0.1, -0.05) is 26.0 Å². The van der Waals surface area contributed by atoms with Gasteiger partial charge in [0.1, 0.15) is 5.82 Å². The van der Waals surface area contributed by atoms with Gasteiger partial charge in [0.15, 0.2) is 11.5 Å². The average Bonchev–Trinajstić information content (AvgIpc) is 3.68. The van der Waals surface area contributed by atoms with Crippen LogP contribution in [-0.2, 0) is 4.79 Å². The van der Waals surface area contributed by atoms with E-state index in [2.05, 4.69) is 33.9 Å². The molecule has 34 heavy (non-hydrogen) atoms. The first-order valence-electron chi connectivity index (χ1n) is 11.5. The first-order valence-corrected chi connectivity index (χ1v) is 11.5. The lowest BCUT2D eigenvalue weighted by molar-refractivity contribution is -0.117. The number of methoxy groups -OCH3 is 1. The predicted molar refractivity (Wildman–Crippen MR) is 137 cm³/mol. The summed E-state index contributed by atoms with van der Waals surface area (Å²) in [5, 5.41) is 16.9. The summed E-state index contributed by atoms with van der Waals surface area (Å²) in [5.74, 6) is 0.860. The minimum absolute atomic E-state index is 0.0490. The Morgan fingerprint density at radius 2 is 1.94 bits per heavy atom. The number of allylic oxidation sites excluding steroid dienone is 1. The van der Waals surface area contributed by atoms with Gasteiger partial charge in [0.2, 0.25) is 5.91 Å². The summed E-state index contributed by atoms with van der Waals surface area (Å²) in [6, 6.07) is 7.09. The summed E-state index contributed by atoms with van der Waals surface area (Å²) in [6.07, 6.45) is 8.73. The topological polar surface area (TPSA) is 116 Å². The van der Waals surface area contributed by atoms with Gasteiger partial charge in [-0.25, -0.2) is 4.98 Å². The van der Waals surface area contributed by atoms with Crippen molar-refractivity contribution in [3.8, 4) is 5.75 Å². The van der Waals surface area contributed by atoms with E-state index in [4.69, 9.17) is 10.1 Å². The van der Waals surface area contributed by atoms with Crippen LogP contribution in [0.2, 0.25) is 0 Å². The molecule has 0 atom stereocenters. The molecule has 1 amide bonds. The first-order chi connectivity index (χ1) is 16.4. The lowest BCUT2D eigenvalue weighted by Crippen LogP contribution is -2.15. The zero-order valence-corrected chi connectivity index (χ0v) is 20.6. The Hall–Kier alpha value is -3.68. The van der Waals surface area contributed by atoms with Crippen LogP contribution in [0.15, 0.2) is 42.7 Å². The van der Waals surface area contributed by atoms with Crippen molar-refractivity contribution in [3.63, 3.8) is 0 Å². The number of para-hydroxylation sites is 1. The Morgan fingerprint density at radius 3 is 2.47 bits per heavy atom. The highest BCUT2D eigenvalue weighted by atomic mass is 16.5. The van der Waals surface area contributed by atoms with E-state index in [0.29, 0.717) is 46.2 Å². The van der Waals surface area contributed by atoms with Crippen molar-refractivity contribution in [2.75, 3.05) is 24.8 Å². The Bertz CT molecular complexity index is 1040. The largest absolute Gasteiger partial charge is 0.494 e. The van der Waals surface area contributed by atoms with E-state index in [1.54, 1.807) is 33.1 Å². The molecule has 1 saturated carbocycles. The molecule has 1 aromatic carbocycles. The molecule has 4 N–H and O–H groups in total. The van der Waals surface area contributed by atoms with Crippen molar-refractivity contribution in [1.82, 2.24) is 10.3 Å². The average molecular weight is 466 g/mol. The minimum atomic E-state index is -0.0616. The van der Waals surface area contributed by atoms with E-state index in [1.165, 1.54) is 6.20 Å². The number of nitrogens with one attached hydrogen (secondary N) is 4. The standard InChI is InChI=1S/C21H24N4O3.C5H11N/c1-4-18(26)15-11-23-19(25-21(27)13-8-9-13)10-17(15)24-16-7-5-6-14(12(2)22)20(16)28-3;1-3-4-5-6-2/h5-7,10-11,13,22H,4,8-9H2,1-3H3,(H2,23,24,25,27);4-6H,3H2,1-2H3/b;5-4+. The molecule has 2 aromatic rings. The number of anilines is 3. The van der Waals surface area contributed by atoms with Gasteiger partial charge in [0.05, 0.1) is 24.0 Å². The van der Waals surface area contributed by atoms with Crippen LogP contribution in [-0.4, -0.2) is 36.5 Å². The second kappa shape index (κ2) is 13.1. The molecule has 1 heterocycles. The zero-order chi connectivity index (χ0) is 25.1. The quantitative estimate of drug-likeness (QED) is 0.280. The van der Waals surface area contributed by atoms with E-state index in [9.17, 15) is 9.59 Å². The second-order valence-electron chi connectivity index (χ2n) is 7.89. The van der Waals surface area contributed by atoms with E-state index < -0.39 is 0 Å². The third kappa shape index (κ3) is 7.43. The number of pyridine rings is 1. The number of ketones is 1. The molecule has 0 aliphatic heterocycles. The second-order valence-corrected chi connectivity index (χ2v) is 7.89. The molecule has 3 rings (SSSR count). The van der Waals surface area contributed by atoms with E-state index in [-0.39, 0.29) is 17.6 Å². The summed E-state index contributed by atoms with van der Waals surface area (Å²) in [6.45, 7) is 5.58. The van der Waals surface area contributed by atoms with Crippen LogP contribution >= 0.6 is 0 Å². The van der Waals surface area contributed by atoms with E-state index >= 15 is 0 Å². The Kier molecular flexibility index (Phi) is 10.3. The summed E-state index contributed by atoms with van der Waals surface area (Å²) in [7, 11) is 3.44. The number of hydrogen-bond donors (Lipinski definition) is 4. The van der Waals surface area contributed by atoms with E-state index in [1.807, 2.05) is 25.4 Å². The van der Waals surface area contributed by atoms with Crippen LogP contribution in [0, 0.1) is 11.3 Å². The first kappa shape index (κ1) is 26.6. The van der Waals surface area contributed by atoms with Crippen LogP contribution in [0.1, 0.15) is 62.4 Å². The van der Waals surface area contributed by atoms with Crippen molar-refractivity contribution >= 4 is 34.6 Å². The van der Waals surface area contributed by atoms with Crippen LogP contribution in [0.3, 0.4) is 0 Å². The van der Waals surface area contributed by atoms with Crippen molar-refractivity contribution in [2.45, 2.75) is 46.5 Å². The molecule has 1 aliphatic rings. The zero-order valence-electron chi connectivity index (χ0n) is 20.6. The molecule has 182 valence electrons. The third-order valence-electron chi connectivity index (χ3n) is 5.14. The normalized spacial score (nSPS) is 12.4. The van der Waals surface area contributed by atoms with Gasteiger partial charge in [0, 0.05) is 42.9 Å². The van der Waals surface area contributed by atoms with Crippen LogP contribution in [0.5, 0.6) is 5.75 Å². The van der Waals surface area contributed by atoms with Crippen molar-refractivity contribution in [2.24, 2.45) is 5.92 Å². The Morgan fingerprint density at radius 1 is 1.21 bits per heavy atom. The summed E-state index contributed by atoms with van der Waals surface area (Å²) >= 11 is 0. The number of nitrogens with zero attached hydrogens (tertiary/aromatic N) is 1. The SMILES string of the molecule is CC/C=C/NC.CCC(=O)c1cnc(NC(=O)C2CC2)cc1Nc1cccc(C(C)=N)c1OC. The van der Waals surface area contributed by atoms with Gasteiger partial charge in [0.25, 0.3) is 0 Å². The summed E-state index contributed by atoms with van der Waals surface area (Å²) in [4.78, 5) is 28.7. The number of carbonyl (C=O) groups excluding carboxylic acids is 2. The predicted octanol–water partition coefficient (Wildman–Crippen LogP) is 5.29. The molecule has 0 spiro atoms. The van der Waals surface area contributed by atoms with Crippen molar-refractivity contribution < 1.29 is 14.3 Å². The van der Waals surface area contributed by atoms with Gasteiger partial charge in [-0.3, -0.25) is 9.59 Å². The summed E-state index contributed by atoms with van der Waals surface area (Å²) in [5.41, 5.74) is 2.63. The van der Waals surface area contributed by atoms with E-state index in [0.717, 1.165) is 19.3 Å². The molecule has 1 fully saturated rings. The number of Topliss-reactive ketones (excluding diaryl/α,β-unsaturated/α-hetero) is 1. The number of hydrogen-bond acceptors (Lipinski definition) is 7.